The highest BCUT2D eigenvalue weighted by Gasteiger charge is 2.06. The average Bonchev–Trinajstić information content (AvgIpc) is 2.33. The molecule has 5 heteroatoms. The van der Waals surface area contributed by atoms with Crippen LogP contribution in [0.5, 0.6) is 11.5 Å². The molecule has 92 valence electrons. The predicted octanol–water partition coefficient (Wildman–Crippen LogP) is 4.26. The van der Waals surface area contributed by atoms with Crippen LogP contribution >= 0.6 is 27.5 Å². The van der Waals surface area contributed by atoms with Gasteiger partial charge in [0, 0.05) is 16.8 Å². The second-order valence-corrected chi connectivity index (χ2v) is 4.86. The number of rotatable bonds is 2. The lowest BCUT2D eigenvalue weighted by Gasteiger charge is -2.03. The molecule has 0 fully saturated rings. The molecule has 0 aliphatic heterocycles. The molecule has 2 N–H and O–H groups in total. The minimum atomic E-state index is 0.00562. The maximum Gasteiger partial charge on any atom is 0.155 e. The summed E-state index contributed by atoms with van der Waals surface area (Å²) in [7, 11) is 0. The number of para-hydroxylation sites is 1. The van der Waals surface area contributed by atoms with Gasteiger partial charge in [0.05, 0.1) is 4.47 Å². The van der Waals surface area contributed by atoms with E-state index in [-0.39, 0.29) is 11.5 Å². The summed E-state index contributed by atoms with van der Waals surface area (Å²) in [6.45, 7) is 0. The first-order valence-corrected chi connectivity index (χ1v) is 6.25. The van der Waals surface area contributed by atoms with Gasteiger partial charge in [-0.05, 0) is 40.2 Å². The molecule has 0 bridgehead atoms. The van der Waals surface area contributed by atoms with Crippen LogP contribution in [-0.2, 0) is 0 Å². The highest BCUT2D eigenvalue weighted by Crippen LogP contribution is 2.37. The zero-order valence-corrected chi connectivity index (χ0v) is 11.5. The number of phenolic OH excluding ortho intramolecular Hbond substituents is 2. The van der Waals surface area contributed by atoms with E-state index in [1.807, 2.05) is 0 Å². The molecule has 0 spiro atoms. The summed E-state index contributed by atoms with van der Waals surface area (Å²) < 4.78 is 0.472. The molecule has 3 nitrogen and oxygen atoms in total. The Morgan fingerprint density at radius 2 is 1.89 bits per heavy atom. The monoisotopic (exact) mass is 325 g/mol. The van der Waals surface area contributed by atoms with Gasteiger partial charge in [-0.1, -0.05) is 23.7 Å². The molecule has 0 aromatic heterocycles. The molecule has 0 saturated heterocycles. The van der Waals surface area contributed by atoms with Crippen molar-refractivity contribution in [3.63, 3.8) is 0 Å². The topological polar surface area (TPSA) is 52.8 Å². The van der Waals surface area contributed by atoms with Gasteiger partial charge in [-0.25, -0.2) is 0 Å². The fourth-order valence-corrected chi connectivity index (χ4v) is 2.18. The van der Waals surface area contributed by atoms with Gasteiger partial charge in [-0.3, -0.25) is 4.99 Å². The maximum atomic E-state index is 9.79. The first kappa shape index (κ1) is 12.9. The van der Waals surface area contributed by atoms with Crippen molar-refractivity contribution in [2.75, 3.05) is 0 Å². The smallest absolute Gasteiger partial charge is 0.155 e. The average molecular weight is 327 g/mol. The van der Waals surface area contributed by atoms with E-state index in [9.17, 15) is 10.2 Å². The number of benzene rings is 2. The van der Waals surface area contributed by atoms with Crippen LogP contribution in [0.3, 0.4) is 0 Å². The maximum absolute atomic E-state index is 9.79. The van der Waals surface area contributed by atoms with Gasteiger partial charge in [0.1, 0.15) is 11.4 Å². The number of halogens is 2. The van der Waals surface area contributed by atoms with Gasteiger partial charge in [-0.15, -0.1) is 0 Å². The highest BCUT2D eigenvalue weighted by atomic mass is 79.9. The van der Waals surface area contributed by atoms with Crippen molar-refractivity contribution in [1.29, 1.82) is 0 Å². The van der Waals surface area contributed by atoms with Crippen LogP contribution in [0.25, 0.3) is 0 Å². The molecule has 0 radical (unpaired) electrons. The Bertz CT molecular complexity index is 614. The van der Waals surface area contributed by atoms with Crippen molar-refractivity contribution in [2.45, 2.75) is 0 Å². The van der Waals surface area contributed by atoms with E-state index < -0.39 is 0 Å². The summed E-state index contributed by atoms with van der Waals surface area (Å²) in [5, 5.41) is 19.8. The van der Waals surface area contributed by atoms with Crippen LogP contribution < -0.4 is 0 Å². The lowest BCUT2D eigenvalue weighted by molar-refractivity contribution is 0.472. The quantitative estimate of drug-likeness (QED) is 0.810. The molecule has 0 heterocycles. The first-order valence-electron chi connectivity index (χ1n) is 5.08. The van der Waals surface area contributed by atoms with Gasteiger partial charge in [0.2, 0.25) is 0 Å². The zero-order valence-electron chi connectivity index (χ0n) is 9.14. The number of aliphatic imine (C=N–C) groups is 1. The van der Waals surface area contributed by atoms with Gasteiger partial charge in [0.15, 0.2) is 5.75 Å². The Balaban J connectivity index is 2.38. The molecule has 0 aliphatic rings. The second kappa shape index (κ2) is 5.42. The Morgan fingerprint density at radius 1 is 1.17 bits per heavy atom. The van der Waals surface area contributed by atoms with E-state index >= 15 is 0 Å². The van der Waals surface area contributed by atoms with E-state index in [0.29, 0.717) is 20.7 Å². The Hall–Kier alpha value is -1.52. The molecule has 2 rings (SSSR count). The number of nitrogens with zero attached hydrogens (tertiary/aromatic N) is 1. The van der Waals surface area contributed by atoms with Crippen LogP contribution in [0, 0.1) is 0 Å². The summed E-state index contributed by atoms with van der Waals surface area (Å²) >= 11 is 9.05. The van der Waals surface area contributed by atoms with E-state index in [0.717, 1.165) is 0 Å². The minimum absolute atomic E-state index is 0.00562. The Labute approximate surface area is 118 Å². The summed E-state index contributed by atoms with van der Waals surface area (Å²) in [4.78, 5) is 4.11. The molecule has 0 unspecified atom stereocenters. The second-order valence-electron chi connectivity index (χ2n) is 3.57. The summed E-state index contributed by atoms with van der Waals surface area (Å²) in [5.74, 6) is 0.132. The Kier molecular flexibility index (Phi) is 3.89. The van der Waals surface area contributed by atoms with E-state index in [1.54, 1.807) is 30.3 Å². The van der Waals surface area contributed by atoms with Crippen LogP contribution in [0.15, 0.2) is 45.9 Å². The van der Waals surface area contributed by atoms with Gasteiger partial charge >= 0.3 is 0 Å². The lowest BCUT2D eigenvalue weighted by Crippen LogP contribution is -1.81. The number of aromatic hydroxyl groups is 2. The largest absolute Gasteiger partial charge is 0.507 e. The fourth-order valence-electron chi connectivity index (χ4n) is 1.39. The number of hydrogen-bond donors (Lipinski definition) is 2. The molecule has 0 aliphatic carbocycles. The van der Waals surface area contributed by atoms with Crippen molar-refractivity contribution >= 4 is 39.4 Å². The molecule has 2 aromatic rings. The molecule has 2 aromatic carbocycles. The van der Waals surface area contributed by atoms with Gasteiger partial charge in [-0.2, -0.15) is 0 Å². The Morgan fingerprint density at radius 3 is 2.61 bits per heavy atom. The number of hydrogen-bond acceptors (Lipinski definition) is 3. The third-order valence-corrected chi connectivity index (χ3v) is 3.11. The SMILES string of the molecule is Oc1ccccc1C=Nc1cc(Cl)cc(Br)c1O. The summed E-state index contributed by atoms with van der Waals surface area (Å²) in [5.41, 5.74) is 0.894. The van der Waals surface area contributed by atoms with Crippen LogP contribution in [0.4, 0.5) is 5.69 Å². The lowest BCUT2D eigenvalue weighted by atomic mass is 10.2. The fraction of sp³-hybridized carbons (Fsp3) is 0. The van der Waals surface area contributed by atoms with E-state index in [1.165, 1.54) is 12.3 Å². The molecule has 0 atom stereocenters. The van der Waals surface area contributed by atoms with Gasteiger partial charge in [0.25, 0.3) is 0 Å². The number of phenols is 2. The summed E-state index contributed by atoms with van der Waals surface area (Å²) in [6.07, 6.45) is 1.47. The van der Waals surface area contributed by atoms with E-state index in [2.05, 4.69) is 20.9 Å². The predicted molar refractivity (Wildman–Crippen MR) is 76.2 cm³/mol. The molecule has 0 amide bonds. The molecular formula is C13H9BrClNO2. The van der Waals surface area contributed by atoms with Crippen molar-refractivity contribution in [2.24, 2.45) is 4.99 Å². The van der Waals surface area contributed by atoms with Gasteiger partial charge < -0.3 is 10.2 Å². The van der Waals surface area contributed by atoms with Crippen LogP contribution in [-0.4, -0.2) is 16.4 Å². The van der Waals surface area contributed by atoms with Crippen LogP contribution in [0.1, 0.15) is 5.56 Å². The third kappa shape index (κ3) is 2.83. The van der Waals surface area contributed by atoms with Crippen molar-refractivity contribution in [3.05, 3.63) is 51.5 Å². The highest BCUT2D eigenvalue weighted by molar-refractivity contribution is 9.10. The summed E-state index contributed by atoms with van der Waals surface area (Å²) in [6, 6.07) is 9.91. The first-order chi connectivity index (χ1) is 8.58. The van der Waals surface area contributed by atoms with Crippen LogP contribution in [0.2, 0.25) is 5.02 Å². The molecular weight excluding hydrogens is 318 g/mol. The molecule has 18 heavy (non-hydrogen) atoms. The minimum Gasteiger partial charge on any atom is -0.507 e. The normalized spacial score (nSPS) is 11.0. The third-order valence-electron chi connectivity index (χ3n) is 2.29. The van der Waals surface area contributed by atoms with Crippen molar-refractivity contribution in [3.8, 4) is 11.5 Å². The van der Waals surface area contributed by atoms with Crippen molar-refractivity contribution < 1.29 is 10.2 Å². The molecule has 0 saturated carbocycles. The van der Waals surface area contributed by atoms with Crippen molar-refractivity contribution in [1.82, 2.24) is 0 Å². The zero-order chi connectivity index (χ0) is 13.1. The van der Waals surface area contributed by atoms with E-state index in [4.69, 9.17) is 11.6 Å². The standard InChI is InChI=1S/C13H9BrClNO2/c14-10-5-9(15)6-11(13(10)18)16-7-8-3-1-2-4-12(8)17/h1-7,17-18H.